The van der Waals surface area contributed by atoms with Crippen molar-refractivity contribution in [1.29, 1.82) is 0 Å². The number of fused-ring (bicyclic) bond motifs is 1. The van der Waals surface area contributed by atoms with E-state index in [4.69, 9.17) is 0 Å². The number of carbonyl (C=O) groups is 1. The van der Waals surface area contributed by atoms with Gasteiger partial charge in [-0.3, -0.25) is 0 Å². The summed E-state index contributed by atoms with van der Waals surface area (Å²) >= 11 is 0. The molecule has 102 valence electrons. The molecule has 4 heteroatoms. The van der Waals surface area contributed by atoms with Crippen molar-refractivity contribution in [3.63, 3.8) is 0 Å². The highest BCUT2D eigenvalue weighted by atomic mass is 16.2. The maximum atomic E-state index is 11.9. The molecule has 1 fully saturated rings. The van der Waals surface area contributed by atoms with Crippen LogP contribution in [0, 0.1) is 0 Å². The zero-order chi connectivity index (χ0) is 13.1. The summed E-state index contributed by atoms with van der Waals surface area (Å²) in [6.07, 6.45) is 6.93. The largest absolute Gasteiger partial charge is 0.385 e. The number of carbonyl (C=O) groups excluding carboxylic acids is 1. The first-order valence-electron chi connectivity index (χ1n) is 7.25. The van der Waals surface area contributed by atoms with Gasteiger partial charge >= 0.3 is 6.03 Å². The summed E-state index contributed by atoms with van der Waals surface area (Å²) in [6, 6.07) is 6.38. The maximum absolute atomic E-state index is 11.9. The molecule has 1 aromatic rings. The van der Waals surface area contributed by atoms with Gasteiger partial charge in [-0.05, 0) is 49.4 Å². The van der Waals surface area contributed by atoms with Gasteiger partial charge in [-0.25, -0.2) is 4.79 Å². The Hall–Kier alpha value is -1.71. The average Bonchev–Trinajstić information content (AvgIpc) is 2.91. The number of aryl methyl sites for hydroxylation is 1. The second kappa shape index (κ2) is 5.51. The molecule has 0 bridgehead atoms. The van der Waals surface area contributed by atoms with Gasteiger partial charge in [-0.1, -0.05) is 12.8 Å². The van der Waals surface area contributed by atoms with Gasteiger partial charge in [-0.2, -0.15) is 0 Å². The van der Waals surface area contributed by atoms with Crippen molar-refractivity contribution < 1.29 is 4.79 Å². The van der Waals surface area contributed by atoms with E-state index in [2.05, 4.69) is 28.1 Å². The van der Waals surface area contributed by atoms with Crippen LogP contribution in [0.5, 0.6) is 0 Å². The fourth-order valence-electron chi connectivity index (χ4n) is 2.98. The first kappa shape index (κ1) is 12.3. The summed E-state index contributed by atoms with van der Waals surface area (Å²) in [5, 5.41) is 9.36. The Morgan fingerprint density at radius 2 is 2.05 bits per heavy atom. The number of hydrogen-bond acceptors (Lipinski definition) is 2. The second-order valence-corrected chi connectivity index (χ2v) is 5.48. The van der Waals surface area contributed by atoms with Crippen LogP contribution in [0.15, 0.2) is 18.2 Å². The van der Waals surface area contributed by atoms with Crippen molar-refractivity contribution in [2.75, 3.05) is 17.2 Å². The molecule has 2 amide bonds. The predicted molar refractivity (Wildman–Crippen MR) is 77.7 cm³/mol. The van der Waals surface area contributed by atoms with Crippen LogP contribution < -0.4 is 16.0 Å². The van der Waals surface area contributed by atoms with E-state index in [1.165, 1.54) is 24.1 Å². The zero-order valence-electron chi connectivity index (χ0n) is 11.2. The van der Waals surface area contributed by atoms with E-state index in [1.807, 2.05) is 6.07 Å². The molecular weight excluding hydrogens is 238 g/mol. The number of nitrogens with one attached hydrogen (secondary N) is 3. The second-order valence-electron chi connectivity index (χ2n) is 5.48. The standard InChI is InChI=1S/C15H21N3O/c19-15(17-12-5-1-2-6-12)18-13-7-8-14-11(10-13)4-3-9-16-14/h7-8,10,12,16H,1-6,9H2,(H2,17,18,19). The number of urea groups is 1. The summed E-state index contributed by atoms with van der Waals surface area (Å²) in [4.78, 5) is 11.9. The van der Waals surface area contributed by atoms with Crippen molar-refractivity contribution in [3.05, 3.63) is 23.8 Å². The van der Waals surface area contributed by atoms with E-state index in [-0.39, 0.29) is 6.03 Å². The Kier molecular flexibility index (Phi) is 3.58. The summed E-state index contributed by atoms with van der Waals surface area (Å²) in [6.45, 7) is 1.04. The lowest BCUT2D eigenvalue weighted by molar-refractivity contribution is 0.248. The topological polar surface area (TPSA) is 53.2 Å². The molecule has 1 aromatic carbocycles. The van der Waals surface area contributed by atoms with Crippen LogP contribution in [-0.4, -0.2) is 18.6 Å². The normalized spacial score (nSPS) is 18.5. The Labute approximate surface area is 114 Å². The van der Waals surface area contributed by atoms with Crippen molar-refractivity contribution in [2.45, 2.75) is 44.6 Å². The van der Waals surface area contributed by atoms with E-state index in [9.17, 15) is 4.79 Å². The minimum atomic E-state index is -0.0735. The van der Waals surface area contributed by atoms with Gasteiger partial charge < -0.3 is 16.0 Å². The molecule has 1 aliphatic heterocycles. The van der Waals surface area contributed by atoms with Crippen molar-refractivity contribution in [2.24, 2.45) is 0 Å². The predicted octanol–water partition coefficient (Wildman–Crippen LogP) is 3.11. The highest BCUT2D eigenvalue weighted by Crippen LogP contribution is 2.25. The van der Waals surface area contributed by atoms with E-state index < -0.39 is 0 Å². The Bertz CT molecular complexity index is 466. The highest BCUT2D eigenvalue weighted by Gasteiger charge is 2.17. The lowest BCUT2D eigenvalue weighted by Crippen LogP contribution is -2.36. The lowest BCUT2D eigenvalue weighted by Gasteiger charge is -2.19. The number of benzene rings is 1. The minimum absolute atomic E-state index is 0.0735. The van der Waals surface area contributed by atoms with Crippen molar-refractivity contribution in [3.8, 4) is 0 Å². The molecular formula is C15H21N3O. The Balaban J connectivity index is 1.61. The molecule has 19 heavy (non-hydrogen) atoms. The quantitative estimate of drug-likeness (QED) is 0.764. The molecule has 3 rings (SSSR count). The van der Waals surface area contributed by atoms with Crippen LogP contribution in [0.25, 0.3) is 0 Å². The number of rotatable bonds is 2. The van der Waals surface area contributed by atoms with Crippen LogP contribution in [0.1, 0.15) is 37.7 Å². The monoisotopic (exact) mass is 259 g/mol. The smallest absolute Gasteiger partial charge is 0.319 e. The van der Waals surface area contributed by atoms with Crippen LogP contribution >= 0.6 is 0 Å². The van der Waals surface area contributed by atoms with Gasteiger partial charge in [0.15, 0.2) is 0 Å². The van der Waals surface area contributed by atoms with Crippen molar-refractivity contribution >= 4 is 17.4 Å². The van der Waals surface area contributed by atoms with Gasteiger partial charge in [0.2, 0.25) is 0 Å². The summed E-state index contributed by atoms with van der Waals surface area (Å²) < 4.78 is 0. The SMILES string of the molecule is O=C(Nc1ccc2c(c1)CCCN2)NC1CCCC1. The van der Waals surface area contributed by atoms with E-state index in [0.717, 1.165) is 37.9 Å². The molecule has 0 radical (unpaired) electrons. The molecule has 0 saturated heterocycles. The average molecular weight is 259 g/mol. The fourth-order valence-corrected chi connectivity index (χ4v) is 2.98. The van der Waals surface area contributed by atoms with Crippen LogP contribution in [0.3, 0.4) is 0 Å². The van der Waals surface area contributed by atoms with E-state index in [1.54, 1.807) is 0 Å². The number of anilines is 2. The molecule has 2 aliphatic rings. The molecule has 4 nitrogen and oxygen atoms in total. The molecule has 1 saturated carbocycles. The molecule has 1 heterocycles. The highest BCUT2D eigenvalue weighted by molar-refractivity contribution is 5.90. The summed E-state index contributed by atoms with van der Waals surface area (Å²) in [7, 11) is 0. The van der Waals surface area contributed by atoms with E-state index in [0.29, 0.717) is 6.04 Å². The molecule has 1 aliphatic carbocycles. The molecule has 0 unspecified atom stereocenters. The van der Waals surface area contributed by atoms with Crippen molar-refractivity contribution in [1.82, 2.24) is 5.32 Å². The lowest BCUT2D eigenvalue weighted by atomic mass is 10.0. The Morgan fingerprint density at radius 3 is 2.89 bits per heavy atom. The molecule has 0 aromatic heterocycles. The third kappa shape index (κ3) is 3.00. The van der Waals surface area contributed by atoms with E-state index >= 15 is 0 Å². The minimum Gasteiger partial charge on any atom is -0.385 e. The fraction of sp³-hybridized carbons (Fsp3) is 0.533. The van der Waals surface area contributed by atoms with Crippen LogP contribution in [-0.2, 0) is 6.42 Å². The zero-order valence-corrected chi connectivity index (χ0v) is 11.2. The van der Waals surface area contributed by atoms with Crippen LogP contribution in [0.2, 0.25) is 0 Å². The maximum Gasteiger partial charge on any atom is 0.319 e. The molecule has 0 spiro atoms. The number of amides is 2. The molecule has 3 N–H and O–H groups in total. The third-order valence-electron chi connectivity index (χ3n) is 3.99. The van der Waals surface area contributed by atoms with Gasteiger partial charge in [0.1, 0.15) is 0 Å². The van der Waals surface area contributed by atoms with Gasteiger partial charge in [-0.15, -0.1) is 0 Å². The third-order valence-corrected chi connectivity index (χ3v) is 3.99. The first-order valence-corrected chi connectivity index (χ1v) is 7.25. The Morgan fingerprint density at radius 1 is 1.21 bits per heavy atom. The summed E-state index contributed by atoms with van der Waals surface area (Å²) in [5.41, 5.74) is 3.39. The van der Waals surface area contributed by atoms with Gasteiger partial charge in [0, 0.05) is 24.0 Å². The van der Waals surface area contributed by atoms with Gasteiger partial charge in [0.05, 0.1) is 0 Å². The van der Waals surface area contributed by atoms with Gasteiger partial charge in [0.25, 0.3) is 0 Å². The first-order chi connectivity index (χ1) is 9.31. The summed E-state index contributed by atoms with van der Waals surface area (Å²) in [5.74, 6) is 0. The number of hydrogen-bond donors (Lipinski definition) is 3. The molecule has 0 atom stereocenters. The van der Waals surface area contributed by atoms with Crippen LogP contribution in [0.4, 0.5) is 16.2 Å².